The molecule has 5 nitrogen and oxygen atoms in total. The van der Waals surface area contributed by atoms with E-state index in [4.69, 9.17) is 21.1 Å². The van der Waals surface area contributed by atoms with Crippen LogP contribution in [0.5, 0.6) is 0 Å². The van der Waals surface area contributed by atoms with Crippen LogP contribution in [0.4, 0.5) is 0 Å². The minimum Gasteiger partial charge on any atom is -0.390 e. The lowest BCUT2D eigenvalue weighted by Gasteiger charge is -2.10. The molecule has 2 heterocycles. The number of thioether (sulfide) groups is 1. The van der Waals surface area contributed by atoms with E-state index < -0.39 is 0 Å². The van der Waals surface area contributed by atoms with Crippen LogP contribution in [-0.4, -0.2) is 39.9 Å². The van der Waals surface area contributed by atoms with Gasteiger partial charge in [-0.2, -0.15) is 0 Å². The van der Waals surface area contributed by atoms with E-state index in [-0.39, 0.29) is 12.9 Å². The molecule has 0 aliphatic carbocycles. The molecule has 1 N–H and O–H groups in total. The van der Waals surface area contributed by atoms with E-state index in [0.29, 0.717) is 31.2 Å². The highest BCUT2D eigenvalue weighted by Crippen LogP contribution is 2.23. The van der Waals surface area contributed by atoms with Crippen LogP contribution in [0.15, 0.2) is 35.6 Å². The smallest absolute Gasteiger partial charge is 0.168 e. The lowest BCUT2D eigenvalue weighted by atomic mass is 10.2. The van der Waals surface area contributed by atoms with Gasteiger partial charge in [-0.3, -0.25) is 0 Å². The Morgan fingerprint density at radius 3 is 2.68 bits per heavy atom. The molecule has 1 saturated heterocycles. The number of rotatable bonds is 6. The molecule has 0 radical (unpaired) electrons. The van der Waals surface area contributed by atoms with Crippen molar-refractivity contribution in [1.82, 2.24) is 9.55 Å². The first-order chi connectivity index (χ1) is 10.7. The van der Waals surface area contributed by atoms with E-state index in [9.17, 15) is 5.11 Å². The molecule has 0 saturated carbocycles. The van der Waals surface area contributed by atoms with Gasteiger partial charge in [-0.1, -0.05) is 35.5 Å². The van der Waals surface area contributed by atoms with Crippen LogP contribution < -0.4 is 0 Å². The highest BCUT2D eigenvalue weighted by molar-refractivity contribution is 7.99. The normalized spacial score (nSPS) is 15.5. The monoisotopic (exact) mass is 340 g/mol. The summed E-state index contributed by atoms with van der Waals surface area (Å²) in [4.78, 5) is 4.44. The molecule has 0 spiro atoms. The highest BCUT2D eigenvalue weighted by atomic mass is 35.5. The van der Waals surface area contributed by atoms with Gasteiger partial charge >= 0.3 is 0 Å². The summed E-state index contributed by atoms with van der Waals surface area (Å²) >= 11 is 7.48. The van der Waals surface area contributed by atoms with Crippen molar-refractivity contribution in [2.24, 2.45) is 0 Å². The molecular weight excluding hydrogens is 324 g/mol. The SMILES string of the molecule is OCc1cn(Cc2ccc(Cl)cc2)c(SCC2OCCO2)n1. The summed E-state index contributed by atoms with van der Waals surface area (Å²) in [5.74, 6) is 0.683. The van der Waals surface area contributed by atoms with Crippen LogP contribution in [0.1, 0.15) is 11.3 Å². The molecule has 1 aromatic carbocycles. The topological polar surface area (TPSA) is 56.5 Å². The maximum absolute atomic E-state index is 9.31. The number of ether oxygens (including phenoxy) is 2. The maximum Gasteiger partial charge on any atom is 0.168 e. The van der Waals surface area contributed by atoms with Gasteiger partial charge in [-0.05, 0) is 17.7 Å². The molecule has 3 rings (SSSR count). The van der Waals surface area contributed by atoms with Crippen molar-refractivity contribution < 1.29 is 14.6 Å². The van der Waals surface area contributed by atoms with Crippen LogP contribution in [-0.2, 0) is 22.6 Å². The molecular formula is C15H17ClN2O3S. The van der Waals surface area contributed by atoms with Gasteiger partial charge in [0.05, 0.1) is 31.3 Å². The molecule has 1 fully saturated rings. The maximum atomic E-state index is 9.31. The molecule has 1 aliphatic heterocycles. The number of nitrogens with zero attached hydrogens (tertiary/aromatic N) is 2. The van der Waals surface area contributed by atoms with Crippen molar-refractivity contribution >= 4 is 23.4 Å². The van der Waals surface area contributed by atoms with Crippen molar-refractivity contribution in [3.05, 3.63) is 46.7 Å². The Bertz CT molecular complexity index is 612. The molecule has 1 aromatic heterocycles. The number of halogens is 1. The third kappa shape index (κ3) is 4.02. The van der Waals surface area contributed by atoms with Gasteiger partial charge in [-0.15, -0.1) is 0 Å². The lowest BCUT2D eigenvalue weighted by molar-refractivity contribution is -0.0215. The molecule has 0 bridgehead atoms. The Morgan fingerprint density at radius 2 is 2.00 bits per heavy atom. The van der Waals surface area contributed by atoms with Gasteiger partial charge in [0.2, 0.25) is 0 Å². The summed E-state index contributed by atoms with van der Waals surface area (Å²) in [7, 11) is 0. The van der Waals surface area contributed by atoms with Crippen LogP contribution in [0.3, 0.4) is 0 Å². The number of hydrogen-bond donors (Lipinski definition) is 1. The van der Waals surface area contributed by atoms with Gasteiger partial charge < -0.3 is 19.1 Å². The summed E-state index contributed by atoms with van der Waals surface area (Å²) in [6, 6.07) is 7.71. The summed E-state index contributed by atoms with van der Waals surface area (Å²) in [5, 5.41) is 10.9. The van der Waals surface area contributed by atoms with E-state index in [1.54, 1.807) is 11.8 Å². The van der Waals surface area contributed by atoms with Crippen LogP contribution in [0.25, 0.3) is 0 Å². The first-order valence-corrected chi connectivity index (χ1v) is 8.38. The summed E-state index contributed by atoms with van der Waals surface area (Å²) in [5.41, 5.74) is 1.78. The number of aliphatic hydroxyl groups is 1. The van der Waals surface area contributed by atoms with Gasteiger partial charge in [0.15, 0.2) is 11.4 Å². The highest BCUT2D eigenvalue weighted by Gasteiger charge is 2.18. The molecule has 1 aliphatic rings. The minimum atomic E-state index is -0.178. The second-order valence-electron chi connectivity index (χ2n) is 4.91. The Kier molecular flexibility index (Phi) is 5.38. The fourth-order valence-electron chi connectivity index (χ4n) is 2.19. The summed E-state index contributed by atoms with van der Waals surface area (Å²) in [6.07, 6.45) is 1.69. The van der Waals surface area contributed by atoms with Gasteiger partial charge in [-0.25, -0.2) is 4.98 Å². The molecule has 0 amide bonds. The number of imidazole rings is 1. The third-order valence-corrected chi connectivity index (χ3v) is 4.53. The summed E-state index contributed by atoms with van der Waals surface area (Å²) < 4.78 is 12.9. The predicted molar refractivity (Wildman–Crippen MR) is 85.1 cm³/mol. The van der Waals surface area contributed by atoms with E-state index in [1.807, 2.05) is 35.0 Å². The molecule has 118 valence electrons. The summed E-state index contributed by atoms with van der Waals surface area (Å²) in [6.45, 7) is 1.90. The van der Waals surface area contributed by atoms with Crippen molar-refractivity contribution in [1.29, 1.82) is 0 Å². The van der Waals surface area contributed by atoms with E-state index in [2.05, 4.69) is 4.98 Å². The van der Waals surface area contributed by atoms with Gasteiger partial charge in [0.25, 0.3) is 0 Å². The zero-order valence-corrected chi connectivity index (χ0v) is 13.5. The van der Waals surface area contributed by atoms with E-state index in [1.165, 1.54) is 0 Å². The average molecular weight is 341 g/mol. The van der Waals surface area contributed by atoms with Crippen molar-refractivity contribution in [2.75, 3.05) is 19.0 Å². The zero-order valence-electron chi connectivity index (χ0n) is 11.9. The molecule has 0 unspecified atom stereocenters. The Labute approximate surface area is 138 Å². The second-order valence-corrected chi connectivity index (χ2v) is 6.33. The fraction of sp³-hybridized carbons (Fsp3) is 0.400. The molecule has 2 aromatic rings. The second kappa shape index (κ2) is 7.48. The van der Waals surface area contributed by atoms with Crippen molar-refractivity contribution in [3.8, 4) is 0 Å². The zero-order chi connectivity index (χ0) is 15.4. The number of benzene rings is 1. The third-order valence-electron chi connectivity index (χ3n) is 3.26. The minimum absolute atomic E-state index is 0.0718. The Balaban J connectivity index is 1.70. The first kappa shape index (κ1) is 15.8. The van der Waals surface area contributed by atoms with Gasteiger partial charge in [0.1, 0.15) is 0 Å². The predicted octanol–water partition coefficient (Wildman–Crippen LogP) is 2.54. The van der Waals surface area contributed by atoms with E-state index in [0.717, 1.165) is 15.7 Å². The number of hydrogen-bond acceptors (Lipinski definition) is 5. The van der Waals surface area contributed by atoms with Gasteiger partial charge in [0, 0.05) is 17.8 Å². The Hall–Kier alpha value is -1.05. The molecule has 7 heteroatoms. The largest absolute Gasteiger partial charge is 0.390 e. The lowest BCUT2D eigenvalue weighted by Crippen LogP contribution is -2.11. The molecule has 0 atom stereocenters. The Morgan fingerprint density at radius 1 is 1.27 bits per heavy atom. The number of aromatic nitrogens is 2. The van der Waals surface area contributed by atoms with Crippen LogP contribution >= 0.6 is 23.4 Å². The number of aliphatic hydroxyl groups excluding tert-OH is 1. The average Bonchev–Trinajstić information content (AvgIpc) is 3.17. The fourth-order valence-corrected chi connectivity index (χ4v) is 3.26. The first-order valence-electron chi connectivity index (χ1n) is 7.02. The molecule has 22 heavy (non-hydrogen) atoms. The van der Waals surface area contributed by atoms with Crippen LogP contribution in [0.2, 0.25) is 5.02 Å². The standard InChI is InChI=1S/C15H17ClN2O3S/c16-12-3-1-11(2-4-12)7-18-8-13(9-19)17-15(18)22-10-14-20-5-6-21-14/h1-4,8,14,19H,5-7,9-10H2. The van der Waals surface area contributed by atoms with Crippen LogP contribution in [0, 0.1) is 0 Å². The van der Waals surface area contributed by atoms with Crippen molar-refractivity contribution in [2.45, 2.75) is 24.6 Å². The van der Waals surface area contributed by atoms with E-state index >= 15 is 0 Å². The quantitative estimate of drug-likeness (QED) is 0.819. The van der Waals surface area contributed by atoms with Crippen molar-refractivity contribution in [3.63, 3.8) is 0 Å².